The number of hydrogen-bond donors (Lipinski definition) is 1. The average molecular weight is 261 g/mol. The van der Waals surface area contributed by atoms with E-state index in [-0.39, 0.29) is 0 Å². The molecular weight excluding hydrogens is 234 g/mol. The molecule has 1 aromatic carbocycles. The molecule has 0 aliphatic heterocycles. The monoisotopic (exact) mass is 261 g/mol. The standard InChI is InChI=1S/C17H27NO/c1-2-12-18-13-16-10-6-7-11-17(16)19-14-15-8-4-3-5-9-15/h6-7,10-11,15,18H,2-5,8-9,12-14H2,1H3. The summed E-state index contributed by atoms with van der Waals surface area (Å²) in [6, 6.07) is 8.43. The lowest BCUT2D eigenvalue weighted by molar-refractivity contribution is 0.207. The number of ether oxygens (including phenoxy) is 1. The molecule has 0 spiro atoms. The van der Waals surface area contributed by atoms with Crippen molar-refractivity contribution >= 4 is 0 Å². The molecule has 1 aliphatic carbocycles. The van der Waals surface area contributed by atoms with E-state index in [1.54, 1.807) is 0 Å². The second-order valence-corrected chi connectivity index (χ2v) is 5.60. The van der Waals surface area contributed by atoms with Crippen LogP contribution < -0.4 is 10.1 Å². The molecule has 0 saturated heterocycles. The molecule has 0 bridgehead atoms. The molecule has 106 valence electrons. The van der Waals surface area contributed by atoms with Gasteiger partial charge in [-0.25, -0.2) is 0 Å². The number of hydrogen-bond acceptors (Lipinski definition) is 2. The van der Waals surface area contributed by atoms with Crippen LogP contribution in [0.3, 0.4) is 0 Å². The summed E-state index contributed by atoms with van der Waals surface area (Å²) in [7, 11) is 0. The van der Waals surface area contributed by atoms with Crippen LogP contribution in [-0.4, -0.2) is 13.2 Å². The summed E-state index contributed by atoms with van der Waals surface area (Å²) < 4.78 is 6.07. The van der Waals surface area contributed by atoms with Gasteiger partial charge in [0, 0.05) is 12.1 Å². The van der Waals surface area contributed by atoms with Gasteiger partial charge in [0.15, 0.2) is 0 Å². The van der Waals surface area contributed by atoms with Crippen LogP contribution in [0.5, 0.6) is 5.75 Å². The first kappa shape index (κ1) is 14.4. The first-order valence-corrected chi connectivity index (χ1v) is 7.81. The summed E-state index contributed by atoms with van der Waals surface area (Å²) in [4.78, 5) is 0. The molecule has 1 N–H and O–H groups in total. The van der Waals surface area contributed by atoms with E-state index in [4.69, 9.17) is 4.74 Å². The second kappa shape index (κ2) is 8.21. The van der Waals surface area contributed by atoms with E-state index >= 15 is 0 Å². The Morgan fingerprint density at radius 3 is 2.74 bits per heavy atom. The van der Waals surface area contributed by atoms with Crippen molar-refractivity contribution in [3.05, 3.63) is 29.8 Å². The minimum Gasteiger partial charge on any atom is -0.493 e. The van der Waals surface area contributed by atoms with Crippen LogP contribution in [-0.2, 0) is 6.54 Å². The third-order valence-electron chi connectivity index (χ3n) is 3.91. The van der Waals surface area contributed by atoms with Crippen LogP contribution in [0.2, 0.25) is 0 Å². The predicted molar refractivity (Wildman–Crippen MR) is 80.5 cm³/mol. The Morgan fingerprint density at radius 2 is 1.95 bits per heavy atom. The van der Waals surface area contributed by atoms with Gasteiger partial charge >= 0.3 is 0 Å². The zero-order valence-electron chi connectivity index (χ0n) is 12.2. The topological polar surface area (TPSA) is 21.3 Å². The maximum Gasteiger partial charge on any atom is 0.123 e. The van der Waals surface area contributed by atoms with E-state index in [2.05, 4.69) is 36.5 Å². The molecule has 2 rings (SSSR count). The lowest BCUT2D eigenvalue weighted by Crippen LogP contribution is -2.17. The summed E-state index contributed by atoms with van der Waals surface area (Å²) in [5.41, 5.74) is 1.28. The van der Waals surface area contributed by atoms with E-state index in [0.717, 1.165) is 31.4 Å². The van der Waals surface area contributed by atoms with Crippen molar-refractivity contribution in [3.63, 3.8) is 0 Å². The average Bonchev–Trinajstić information content (AvgIpc) is 2.48. The van der Waals surface area contributed by atoms with E-state index in [9.17, 15) is 0 Å². The van der Waals surface area contributed by atoms with Gasteiger partial charge in [0.05, 0.1) is 6.61 Å². The molecule has 0 heterocycles. The van der Waals surface area contributed by atoms with Crippen LogP contribution in [0.4, 0.5) is 0 Å². The van der Waals surface area contributed by atoms with Crippen molar-refractivity contribution in [2.24, 2.45) is 5.92 Å². The van der Waals surface area contributed by atoms with Crippen LogP contribution in [0.15, 0.2) is 24.3 Å². The fraction of sp³-hybridized carbons (Fsp3) is 0.647. The van der Waals surface area contributed by atoms with Crippen molar-refractivity contribution in [2.45, 2.75) is 52.0 Å². The Morgan fingerprint density at radius 1 is 1.16 bits per heavy atom. The number of para-hydroxylation sites is 1. The molecule has 1 saturated carbocycles. The van der Waals surface area contributed by atoms with Crippen LogP contribution in [0.25, 0.3) is 0 Å². The maximum atomic E-state index is 6.07. The number of nitrogens with one attached hydrogen (secondary N) is 1. The highest BCUT2D eigenvalue weighted by molar-refractivity contribution is 5.33. The minimum atomic E-state index is 0.769. The Kier molecular flexibility index (Phi) is 6.22. The van der Waals surface area contributed by atoms with E-state index in [1.165, 1.54) is 44.1 Å². The molecule has 1 fully saturated rings. The van der Waals surface area contributed by atoms with Gasteiger partial charge in [-0.3, -0.25) is 0 Å². The first-order valence-electron chi connectivity index (χ1n) is 7.81. The molecule has 0 amide bonds. The summed E-state index contributed by atoms with van der Waals surface area (Å²) >= 11 is 0. The molecule has 1 aromatic rings. The molecule has 0 radical (unpaired) electrons. The molecule has 2 nitrogen and oxygen atoms in total. The smallest absolute Gasteiger partial charge is 0.123 e. The predicted octanol–water partition coefficient (Wildman–Crippen LogP) is 4.15. The Balaban J connectivity index is 1.84. The van der Waals surface area contributed by atoms with E-state index in [1.807, 2.05) is 0 Å². The highest BCUT2D eigenvalue weighted by Gasteiger charge is 2.14. The Labute approximate surface area is 117 Å². The number of rotatable bonds is 7. The highest BCUT2D eigenvalue weighted by Crippen LogP contribution is 2.25. The fourth-order valence-corrected chi connectivity index (χ4v) is 2.75. The molecular formula is C17H27NO. The third-order valence-corrected chi connectivity index (χ3v) is 3.91. The van der Waals surface area contributed by atoms with Crippen LogP contribution in [0, 0.1) is 5.92 Å². The Bertz CT molecular complexity index is 358. The normalized spacial score (nSPS) is 16.5. The van der Waals surface area contributed by atoms with Crippen molar-refractivity contribution in [2.75, 3.05) is 13.2 Å². The van der Waals surface area contributed by atoms with Crippen molar-refractivity contribution in [1.29, 1.82) is 0 Å². The summed E-state index contributed by atoms with van der Waals surface area (Å²) in [6.45, 7) is 5.06. The first-order chi connectivity index (χ1) is 9.40. The van der Waals surface area contributed by atoms with Crippen LogP contribution >= 0.6 is 0 Å². The van der Waals surface area contributed by atoms with Gasteiger partial charge in [-0.05, 0) is 37.8 Å². The van der Waals surface area contributed by atoms with Gasteiger partial charge in [0.1, 0.15) is 5.75 Å². The summed E-state index contributed by atoms with van der Waals surface area (Å²) in [5, 5.41) is 3.45. The fourth-order valence-electron chi connectivity index (χ4n) is 2.75. The molecule has 0 atom stereocenters. The molecule has 1 aliphatic rings. The van der Waals surface area contributed by atoms with Crippen molar-refractivity contribution < 1.29 is 4.74 Å². The van der Waals surface area contributed by atoms with Crippen molar-refractivity contribution in [3.8, 4) is 5.75 Å². The number of benzene rings is 1. The lowest BCUT2D eigenvalue weighted by atomic mass is 9.90. The second-order valence-electron chi connectivity index (χ2n) is 5.60. The minimum absolute atomic E-state index is 0.769. The van der Waals surface area contributed by atoms with Gasteiger partial charge in [-0.1, -0.05) is 44.4 Å². The Hall–Kier alpha value is -1.02. The van der Waals surface area contributed by atoms with Crippen LogP contribution in [0.1, 0.15) is 51.0 Å². The molecule has 0 unspecified atom stereocenters. The van der Waals surface area contributed by atoms with E-state index in [0.29, 0.717) is 0 Å². The molecule has 2 heteroatoms. The van der Waals surface area contributed by atoms with Gasteiger partial charge in [0.25, 0.3) is 0 Å². The maximum absolute atomic E-state index is 6.07. The quantitative estimate of drug-likeness (QED) is 0.745. The lowest BCUT2D eigenvalue weighted by Gasteiger charge is -2.22. The van der Waals surface area contributed by atoms with E-state index < -0.39 is 0 Å². The third kappa shape index (κ3) is 4.87. The zero-order valence-corrected chi connectivity index (χ0v) is 12.2. The van der Waals surface area contributed by atoms with Gasteiger partial charge in [-0.15, -0.1) is 0 Å². The van der Waals surface area contributed by atoms with Gasteiger partial charge in [-0.2, -0.15) is 0 Å². The van der Waals surface area contributed by atoms with Gasteiger partial charge in [0.2, 0.25) is 0 Å². The highest BCUT2D eigenvalue weighted by atomic mass is 16.5. The van der Waals surface area contributed by atoms with Crippen molar-refractivity contribution in [1.82, 2.24) is 5.32 Å². The summed E-state index contributed by atoms with van der Waals surface area (Å²) in [6.07, 6.45) is 8.03. The zero-order chi connectivity index (χ0) is 13.3. The molecule has 0 aromatic heterocycles. The molecule has 19 heavy (non-hydrogen) atoms. The summed E-state index contributed by atoms with van der Waals surface area (Å²) in [5.74, 6) is 1.84. The largest absolute Gasteiger partial charge is 0.493 e. The SMILES string of the molecule is CCCNCc1ccccc1OCC1CCCCC1. The van der Waals surface area contributed by atoms with Gasteiger partial charge < -0.3 is 10.1 Å².